The Kier molecular flexibility index (Phi) is 11.0. The summed E-state index contributed by atoms with van der Waals surface area (Å²) in [6.45, 7) is 8.74. The molecular weight excluding hydrogens is 656 g/mol. The average molecular weight is 703 g/mol. The summed E-state index contributed by atoms with van der Waals surface area (Å²) in [4.78, 5) is 30.2. The van der Waals surface area contributed by atoms with Crippen molar-refractivity contribution in [1.82, 2.24) is 19.8 Å². The van der Waals surface area contributed by atoms with Gasteiger partial charge in [0.25, 0.3) is 0 Å². The van der Waals surface area contributed by atoms with E-state index in [1.54, 1.807) is 0 Å². The Balaban J connectivity index is 1.06. The zero-order chi connectivity index (χ0) is 36.0. The number of nitrogens with zero attached hydrogens (tertiary/aromatic N) is 2. The predicted molar refractivity (Wildman–Crippen MR) is 201 cm³/mol. The van der Waals surface area contributed by atoms with Crippen molar-refractivity contribution in [2.45, 2.75) is 57.5 Å². The maximum atomic E-state index is 12.9. The number of H-pyrrole nitrogens is 1. The molecule has 5 aromatic rings. The molecule has 4 aromatic carbocycles. The molecule has 3 N–H and O–H groups in total. The first-order valence-corrected chi connectivity index (χ1v) is 18.0. The van der Waals surface area contributed by atoms with E-state index in [4.69, 9.17) is 14.2 Å². The number of ether oxygens (including phenoxy) is 3. The van der Waals surface area contributed by atoms with Crippen molar-refractivity contribution in [2.24, 2.45) is 5.92 Å². The van der Waals surface area contributed by atoms with E-state index in [9.17, 15) is 14.7 Å². The summed E-state index contributed by atoms with van der Waals surface area (Å²) >= 11 is 0. The predicted octanol–water partition coefficient (Wildman–Crippen LogP) is 7.03. The second-order valence-electron chi connectivity index (χ2n) is 13.7. The summed E-state index contributed by atoms with van der Waals surface area (Å²) in [5.74, 6) is 0.0647. The third-order valence-corrected chi connectivity index (χ3v) is 10.3. The van der Waals surface area contributed by atoms with Gasteiger partial charge in [-0.25, -0.2) is 9.59 Å². The number of aliphatic hydroxyl groups excluding tert-OH is 1. The Morgan fingerprint density at radius 1 is 0.942 bits per heavy atom. The van der Waals surface area contributed by atoms with E-state index in [-0.39, 0.29) is 43.1 Å². The summed E-state index contributed by atoms with van der Waals surface area (Å²) in [5, 5.41) is 12.4. The molecule has 1 amide bonds. The molecule has 2 aliphatic rings. The van der Waals surface area contributed by atoms with E-state index in [1.165, 1.54) is 6.08 Å². The fourth-order valence-electron chi connectivity index (χ4n) is 7.43. The molecule has 2 aliphatic heterocycles. The van der Waals surface area contributed by atoms with Crippen LogP contribution in [0.1, 0.15) is 60.5 Å². The zero-order valence-electron chi connectivity index (χ0n) is 29.4. The van der Waals surface area contributed by atoms with Crippen molar-refractivity contribution in [3.8, 4) is 11.1 Å². The van der Waals surface area contributed by atoms with Gasteiger partial charge >= 0.3 is 11.8 Å². The summed E-state index contributed by atoms with van der Waals surface area (Å²) < 4.78 is 20.5. The molecule has 270 valence electrons. The molecular formula is C42H46N4O6. The molecule has 0 spiro atoms. The molecule has 1 aromatic heterocycles. The fourth-order valence-corrected chi connectivity index (χ4v) is 7.43. The SMILES string of the molecule is C=CCOC(=O)NCc1cccc(-c2ccc([C@H]3O[C@@H](CN4CCC(n5c(=O)[nH]c6ccccc65)CC4)[C@@H](C)[C@@H](c4ccc(CO)cc4)O3)cc2)c1. The number of rotatable bonds is 11. The number of fused-ring (bicyclic) bond motifs is 1. The Labute approximate surface area is 303 Å². The van der Waals surface area contributed by atoms with Crippen LogP contribution in [0.3, 0.4) is 0 Å². The van der Waals surface area contributed by atoms with Crippen LogP contribution in [0.5, 0.6) is 0 Å². The van der Waals surface area contributed by atoms with E-state index in [0.29, 0.717) is 6.54 Å². The molecule has 10 heteroatoms. The third kappa shape index (κ3) is 7.90. The number of aromatic amines is 1. The fraction of sp³-hybridized carbons (Fsp3) is 0.333. The largest absolute Gasteiger partial charge is 0.445 e. The second-order valence-corrected chi connectivity index (χ2v) is 13.7. The normalized spacial score (nSPS) is 21.2. The van der Waals surface area contributed by atoms with Gasteiger partial charge in [0.05, 0.1) is 29.8 Å². The van der Waals surface area contributed by atoms with Gasteiger partial charge in [0.1, 0.15) is 6.61 Å². The number of para-hydroxylation sites is 2. The molecule has 7 rings (SSSR count). The summed E-state index contributed by atoms with van der Waals surface area (Å²) in [6.07, 6.45) is 1.93. The van der Waals surface area contributed by atoms with Gasteiger partial charge in [-0.2, -0.15) is 0 Å². The molecule has 2 saturated heterocycles. The van der Waals surface area contributed by atoms with Crippen LogP contribution in [-0.2, 0) is 27.4 Å². The van der Waals surface area contributed by atoms with Crippen LogP contribution in [0.4, 0.5) is 4.79 Å². The highest BCUT2D eigenvalue weighted by molar-refractivity contribution is 5.75. The smallest absolute Gasteiger partial charge is 0.407 e. The lowest BCUT2D eigenvalue weighted by molar-refractivity contribution is -0.276. The minimum absolute atomic E-state index is 0.00954. The number of alkyl carbamates (subject to hydrolysis) is 1. The number of nitrogens with one attached hydrogen (secondary N) is 2. The van der Waals surface area contributed by atoms with Crippen LogP contribution in [0, 0.1) is 5.92 Å². The molecule has 10 nitrogen and oxygen atoms in total. The van der Waals surface area contributed by atoms with E-state index >= 15 is 0 Å². The molecule has 0 bridgehead atoms. The van der Waals surface area contributed by atoms with Crippen molar-refractivity contribution in [3.05, 3.63) is 142 Å². The van der Waals surface area contributed by atoms with Crippen LogP contribution in [0.25, 0.3) is 22.2 Å². The highest BCUT2D eigenvalue weighted by Gasteiger charge is 2.39. The first kappa shape index (κ1) is 35.4. The molecule has 3 heterocycles. The summed E-state index contributed by atoms with van der Waals surface area (Å²) in [6, 6.07) is 32.3. The number of benzene rings is 4. The number of carbonyl (C=O) groups excluding carboxylic acids is 1. The molecule has 52 heavy (non-hydrogen) atoms. The molecule has 2 fully saturated rings. The first-order valence-electron chi connectivity index (χ1n) is 18.0. The van der Waals surface area contributed by atoms with E-state index in [1.807, 2.05) is 71.3 Å². The van der Waals surface area contributed by atoms with Gasteiger partial charge in [0.2, 0.25) is 0 Å². The van der Waals surface area contributed by atoms with Crippen molar-refractivity contribution in [1.29, 1.82) is 0 Å². The lowest BCUT2D eigenvalue weighted by Gasteiger charge is -2.44. The number of likely N-dealkylation sites (tertiary alicyclic amines) is 1. The minimum atomic E-state index is -0.572. The number of aliphatic hydroxyl groups is 1. The second kappa shape index (κ2) is 16.1. The number of piperidine rings is 1. The van der Waals surface area contributed by atoms with Crippen LogP contribution in [0.15, 0.2) is 115 Å². The number of aromatic nitrogens is 2. The third-order valence-electron chi connectivity index (χ3n) is 10.3. The Bertz CT molecular complexity index is 2030. The van der Waals surface area contributed by atoms with Crippen molar-refractivity contribution < 1.29 is 24.1 Å². The Morgan fingerprint density at radius 2 is 1.69 bits per heavy atom. The van der Waals surface area contributed by atoms with Gasteiger partial charge in [0, 0.05) is 43.7 Å². The number of amides is 1. The lowest BCUT2D eigenvalue weighted by atomic mass is 9.89. The maximum absolute atomic E-state index is 12.9. The average Bonchev–Trinajstić information content (AvgIpc) is 3.53. The van der Waals surface area contributed by atoms with Crippen molar-refractivity contribution in [3.63, 3.8) is 0 Å². The zero-order valence-corrected chi connectivity index (χ0v) is 29.4. The summed E-state index contributed by atoms with van der Waals surface area (Å²) in [7, 11) is 0. The van der Waals surface area contributed by atoms with Gasteiger partial charge in [-0.05, 0) is 58.9 Å². The summed E-state index contributed by atoms with van der Waals surface area (Å²) in [5.41, 5.74) is 7.65. The van der Waals surface area contributed by atoms with Crippen LogP contribution >= 0.6 is 0 Å². The molecule has 0 unspecified atom stereocenters. The van der Waals surface area contributed by atoms with Gasteiger partial charge in [0.15, 0.2) is 6.29 Å². The Hall–Kier alpha value is -5.00. The first-order chi connectivity index (χ1) is 25.4. The standard InChI is InChI=1S/C42H46N4O6/c1-3-23-50-42(49)43-25-30-7-6-8-34(24-30)31-15-17-33(18-16-31)40-51-38(28(2)39(52-40)32-13-11-29(27-47)12-14-32)26-45-21-19-35(20-22-45)46-37-10-5-4-9-36(37)44-41(46)48/h3-18,24,28,35,38-40,47H,1,19-23,25-27H2,2H3,(H,43,49)(H,44,48)/t28-,38+,39+,40+/m1/s1. The number of hydrogen-bond acceptors (Lipinski definition) is 7. The van der Waals surface area contributed by atoms with Crippen LogP contribution < -0.4 is 11.0 Å². The monoisotopic (exact) mass is 702 g/mol. The van der Waals surface area contributed by atoms with Gasteiger partial charge < -0.3 is 34.5 Å². The van der Waals surface area contributed by atoms with Crippen molar-refractivity contribution >= 4 is 17.1 Å². The molecule has 0 aliphatic carbocycles. The van der Waals surface area contributed by atoms with Crippen LogP contribution in [0.2, 0.25) is 0 Å². The van der Waals surface area contributed by atoms with Crippen LogP contribution in [-0.4, -0.2) is 58.0 Å². The van der Waals surface area contributed by atoms with E-state index in [2.05, 4.69) is 59.0 Å². The maximum Gasteiger partial charge on any atom is 0.407 e. The van der Waals surface area contributed by atoms with Gasteiger partial charge in [-0.3, -0.25) is 4.57 Å². The minimum Gasteiger partial charge on any atom is -0.445 e. The topological polar surface area (TPSA) is 118 Å². The van der Waals surface area contributed by atoms with E-state index < -0.39 is 12.4 Å². The molecule has 4 atom stereocenters. The van der Waals surface area contributed by atoms with Gasteiger partial charge in [-0.1, -0.05) is 98.4 Å². The number of imidazole rings is 1. The molecule has 0 saturated carbocycles. The quantitative estimate of drug-likeness (QED) is 0.127. The molecule has 0 radical (unpaired) electrons. The number of carbonyl (C=O) groups is 1. The lowest BCUT2D eigenvalue weighted by Crippen LogP contribution is -2.47. The Morgan fingerprint density at radius 3 is 2.44 bits per heavy atom. The highest BCUT2D eigenvalue weighted by Crippen LogP contribution is 2.42. The number of hydrogen-bond donors (Lipinski definition) is 3. The highest BCUT2D eigenvalue weighted by atomic mass is 16.7. The van der Waals surface area contributed by atoms with Gasteiger partial charge in [-0.15, -0.1) is 0 Å². The van der Waals surface area contributed by atoms with E-state index in [0.717, 1.165) is 76.9 Å². The van der Waals surface area contributed by atoms with Crippen molar-refractivity contribution in [2.75, 3.05) is 26.2 Å².